The van der Waals surface area contributed by atoms with Crippen molar-refractivity contribution in [2.75, 3.05) is 24.5 Å². The monoisotopic (exact) mass is 376 g/mol. The number of nitrogens with zero attached hydrogens (tertiary/aromatic N) is 2. The van der Waals surface area contributed by atoms with Crippen LogP contribution in [0, 0.1) is 5.92 Å². The van der Waals surface area contributed by atoms with Gasteiger partial charge in [-0.15, -0.1) is 0 Å². The first-order valence-electron chi connectivity index (χ1n) is 10.4. The van der Waals surface area contributed by atoms with Crippen LogP contribution in [0.15, 0.2) is 54.6 Å². The first kappa shape index (κ1) is 18.7. The van der Waals surface area contributed by atoms with Crippen LogP contribution >= 0.6 is 0 Å². The molecule has 28 heavy (non-hydrogen) atoms. The molecule has 2 aliphatic rings. The third-order valence-corrected chi connectivity index (χ3v) is 6.04. The normalized spacial score (nSPS) is 17.3. The zero-order valence-electron chi connectivity index (χ0n) is 16.3. The van der Waals surface area contributed by atoms with Crippen molar-refractivity contribution in [1.82, 2.24) is 4.90 Å². The number of carbonyl (C=O) groups is 2. The van der Waals surface area contributed by atoms with Gasteiger partial charge in [0.1, 0.15) is 0 Å². The Morgan fingerprint density at radius 1 is 0.893 bits per heavy atom. The summed E-state index contributed by atoms with van der Waals surface area (Å²) in [7, 11) is 0. The predicted octanol–water partition coefficient (Wildman–Crippen LogP) is 3.84. The molecule has 4 rings (SSSR count). The summed E-state index contributed by atoms with van der Waals surface area (Å²) >= 11 is 0. The lowest BCUT2D eigenvalue weighted by Crippen LogP contribution is -2.45. The average molecular weight is 377 g/mol. The summed E-state index contributed by atoms with van der Waals surface area (Å²) in [6.45, 7) is 2.20. The fourth-order valence-electron chi connectivity index (χ4n) is 4.41. The molecule has 2 amide bonds. The summed E-state index contributed by atoms with van der Waals surface area (Å²) in [5.74, 6) is 0.478. The number of para-hydroxylation sites is 1. The van der Waals surface area contributed by atoms with Crippen LogP contribution in [0.3, 0.4) is 0 Å². The molecule has 0 bridgehead atoms. The van der Waals surface area contributed by atoms with Crippen LogP contribution in [0.25, 0.3) is 0 Å². The SMILES string of the molecule is O=C(CCc1ccccc1)N1CCC(C(=O)N2CCCc3ccccc32)CC1. The Morgan fingerprint density at radius 2 is 1.61 bits per heavy atom. The van der Waals surface area contributed by atoms with Crippen molar-refractivity contribution in [3.8, 4) is 0 Å². The lowest BCUT2D eigenvalue weighted by atomic mass is 9.93. The number of carbonyl (C=O) groups excluding carboxylic acids is 2. The van der Waals surface area contributed by atoms with E-state index in [1.807, 2.05) is 40.1 Å². The molecule has 146 valence electrons. The molecular weight excluding hydrogens is 348 g/mol. The van der Waals surface area contributed by atoms with Gasteiger partial charge in [0.05, 0.1) is 0 Å². The summed E-state index contributed by atoms with van der Waals surface area (Å²) < 4.78 is 0. The number of hydrogen-bond acceptors (Lipinski definition) is 2. The van der Waals surface area contributed by atoms with E-state index in [9.17, 15) is 9.59 Å². The Hall–Kier alpha value is -2.62. The van der Waals surface area contributed by atoms with E-state index in [-0.39, 0.29) is 17.7 Å². The molecule has 0 unspecified atom stereocenters. The first-order chi connectivity index (χ1) is 13.7. The van der Waals surface area contributed by atoms with Crippen molar-refractivity contribution in [3.63, 3.8) is 0 Å². The van der Waals surface area contributed by atoms with E-state index < -0.39 is 0 Å². The smallest absolute Gasteiger partial charge is 0.230 e. The van der Waals surface area contributed by atoms with Gasteiger partial charge in [0.25, 0.3) is 0 Å². The summed E-state index contributed by atoms with van der Waals surface area (Å²) in [6, 6.07) is 18.4. The largest absolute Gasteiger partial charge is 0.343 e. The van der Waals surface area contributed by atoms with Gasteiger partial charge in [0.15, 0.2) is 0 Å². The highest BCUT2D eigenvalue weighted by Gasteiger charge is 2.32. The van der Waals surface area contributed by atoms with Gasteiger partial charge in [-0.05, 0) is 49.3 Å². The highest BCUT2D eigenvalue weighted by atomic mass is 16.2. The van der Waals surface area contributed by atoms with Crippen molar-refractivity contribution in [2.24, 2.45) is 5.92 Å². The van der Waals surface area contributed by atoms with Gasteiger partial charge in [-0.3, -0.25) is 9.59 Å². The number of likely N-dealkylation sites (tertiary alicyclic amines) is 1. The van der Waals surface area contributed by atoms with Crippen molar-refractivity contribution in [1.29, 1.82) is 0 Å². The van der Waals surface area contributed by atoms with E-state index in [2.05, 4.69) is 24.3 Å². The van der Waals surface area contributed by atoms with E-state index in [4.69, 9.17) is 0 Å². The Balaban J connectivity index is 1.30. The fraction of sp³-hybridized carbons (Fsp3) is 0.417. The van der Waals surface area contributed by atoms with Crippen LogP contribution in [-0.4, -0.2) is 36.3 Å². The van der Waals surface area contributed by atoms with Crippen molar-refractivity contribution < 1.29 is 9.59 Å². The molecule has 4 heteroatoms. The van der Waals surface area contributed by atoms with Gasteiger partial charge in [0.2, 0.25) is 11.8 Å². The first-order valence-corrected chi connectivity index (χ1v) is 10.4. The number of piperidine rings is 1. The molecule has 0 atom stereocenters. The topological polar surface area (TPSA) is 40.6 Å². The van der Waals surface area contributed by atoms with Crippen LogP contribution in [-0.2, 0) is 22.4 Å². The van der Waals surface area contributed by atoms with Gasteiger partial charge < -0.3 is 9.80 Å². The van der Waals surface area contributed by atoms with E-state index in [0.717, 1.165) is 44.3 Å². The second-order valence-electron chi connectivity index (χ2n) is 7.86. The molecule has 1 fully saturated rings. The number of anilines is 1. The lowest BCUT2D eigenvalue weighted by molar-refractivity contribution is -0.134. The molecular formula is C24H28N2O2. The van der Waals surface area contributed by atoms with Crippen LogP contribution in [0.1, 0.15) is 36.8 Å². The van der Waals surface area contributed by atoms with Crippen LogP contribution in [0.2, 0.25) is 0 Å². The van der Waals surface area contributed by atoms with Gasteiger partial charge >= 0.3 is 0 Å². The summed E-state index contributed by atoms with van der Waals surface area (Å²) in [6.07, 6.45) is 4.95. The molecule has 2 heterocycles. The minimum atomic E-state index is 0.0318. The van der Waals surface area contributed by atoms with Crippen LogP contribution in [0.4, 0.5) is 5.69 Å². The third kappa shape index (κ3) is 4.11. The van der Waals surface area contributed by atoms with Gasteiger partial charge in [-0.2, -0.15) is 0 Å². The second kappa shape index (κ2) is 8.59. The van der Waals surface area contributed by atoms with Crippen LogP contribution in [0.5, 0.6) is 0 Å². The van der Waals surface area contributed by atoms with Crippen molar-refractivity contribution >= 4 is 17.5 Å². The minimum absolute atomic E-state index is 0.0318. The number of amides is 2. The number of hydrogen-bond donors (Lipinski definition) is 0. The highest BCUT2D eigenvalue weighted by Crippen LogP contribution is 2.30. The Kier molecular flexibility index (Phi) is 5.75. The summed E-state index contributed by atoms with van der Waals surface area (Å²) in [5, 5.41) is 0. The molecule has 1 saturated heterocycles. The molecule has 0 N–H and O–H groups in total. The molecule has 4 nitrogen and oxygen atoms in total. The summed E-state index contributed by atoms with van der Waals surface area (Å²) in [4.78, 5) is 29.6. The molecule has 2 aromatic carbocycles. The zero-order valence-corrected chi connectivity index (χ0v) is 16.3. The quantitative estimate of drug-likeness (QED) is 0.813. The second-order valence-corrected chi connectivity index (χ2v) is 7.86. The van der Waals surface area contributed by atoms with Gasteiger partial charge in [-0.25, -0.2) is 0 Å². The maximum absolute atomic E-state index is 13.1. The third-order valence-electron chi connectivity index (χ3n) is 6.04. The van der Waals surface area contributed by atoms with Gasteiger partial charge in [-0.1, -0.05) is 48.5 Å². The Bertz CT molecular complexity index is 826. The number of aryl methyl sites for hydroxylation is 2. The summed E-state index contributed by atoms with van der Waals surface area (Å²) in [5.41, 5.74) is 3.56. The Morgan fingerprint density at radius 3 is 2.39 bits per heavy atom. The highest BCUT2D eigenvalue weighted by molar-refractivity contribution is 5.96. The van der Waals surface area contributed by atoms with E-state index in [1.54, 1.807) is 0 Å². The molecule has 0 radical (unpaired) electrons. The van der Waals surface area contributed by atoms with E-state index >= 15 is 0 Å². The maximum atomic E-state index is 13.1. The average Bonchev–Trinajstić information content (AvgIpc) is 2.77. The lowest BCUT2D eigenvalue weighted by Gasteiger charge is -2.36. The number of benzene rings is 2. The molecule has 2 aromatic rings. The molecule has 0 aromatic heterocycles. The van der Waals surface area contributed by atoms with Crippen molar-refractivity contribution in [2.45, 2.75) is 38.5 Å². The number of fused-ring (bicyclic) bond motifs is 1. The maximum Gasteiger partial charge on any atom is 0.230 e. The number of rotatable bonds is 4. The van der Waals surface area contributed by atoms with Crippen molar-refractivity contribution in [3.05, 3.63) is 65.7 Å². The molecule has 2 aliphatic heterocycles. The predicted molar refractivity (Wildman–Crippen MR) is 111 cm³/mol. The molecule has 0 aliphatic carbocycles. The van der Waals surface area contributed by atoms with E-state index in [1.165, 1.54) is 11.1 Å². The molecule has 0 spiro atoms. The minimum Gasteiger partial charge on any atom is -0.343 e. The fourth-order valence-corrected chi connectivity index (χ4v) is 4.41. The zero-order chi connectivity index (χ0) is 19.3. The standard InChI is InChI=1S/C24H28N2O2/c27-23(13-12-19-7-2-1-3-8-19)25-17-14-21(15-18-25)24(28)26-16-6-10-20-9-4-5-11-22(20)26/h1-5,7-9,11,21H,6,10,12-18H2. The van der Waals surface area contributed by atoms with E-state index in [0.29, 0.717) is 19.5 Å². The van der Waals surface area contributed by atoms with Gasteiger partial charge in [0, 0.05) is 37.7 Å². The Labute approximate surface area is 167 Å². The molecule has 0 saturated carbocycles. The van der Waals surface area contributed by atoms with Crippen LogP contribution < -0.4 is 4.90 Å².